The monoisotopic (exact) mass is 212 g/mol. The minimum absolute atomic E-state index is 0.208. The Morgan fingerprint density at radius 2 is 2.00 bits per heavy atom. The van der Waals surface area contributed by atoms with Gasteiger partial charge in [-0.25, -0.2) is 0 Å². The Balaban J connectivity index is 2.36. The van der Waals surface area contributed by atoms with Crippen molar-refractivity contribution in [1.29, 1.82) is 0 Å². The van der Waals surface area contributed by atoms with Crippen LogP contribution in [0, 0.1) is 11.8 Å². The van der Waals surface area contributed by atoms with Crippen molar-refractivity contribution < 1.29 is 9.53 Å². The molecular weight excluding hydrogens is 188 g/mol. The molecule has 1 aliphatic rings. The number of rotatable bonds is 4. The molecule has 0 spiro atoms. The average molecular weight is 212 g/mol. The summed E-state index contributed by atoms with van der Waals surface area (Å²) in [5.41, 5.74) is 0. The molecule has 1 aliphatic carbocycles. The summed E-state index contributed by atoms with van der Waals surface area (Å²) in [6.07, 6.45) is 4.15. The molecule has 1 rings (SSSR count). The highest BCUT2D eigenvalue weighted by Gasteiger charge is 2.27. The van der Waals surface area contributed by atoms with Crippen LogP contribution in [-0.4, -0.2) is 18.0 Å². The van der Waals surface area contributed by atoms with Crippen molar-refractivity contribution in [3.8, 4) is 0 Å². The second kappa shape index (κ2) is 5.64. The van der Waals surface area contributed by atoms with Gasteiger partial charge in [-0.05, 0) is 38.0 Å². The summed E-state index contributed by atoms with van der Waals surface area (Å²) in [5.74, 6) is 1.76. The maximum Gasteiger partial charge on any atom is 0.161 e. The zero-order valence-corrected chi connectivity index (χ0v) is 10.5. The third-order valence-electron chi connectivity index (χ3n) is 3.75. The van der Waals surface area contributed by atoms with Gasteiger partial charge in [-0.15, -0.1) is 0 Å². The first kappa shape index (κ1) is 12.7. The van der Waals surface area contributed by atoms with Gasteiger partial charge in [0.1, 0.15) is 6.10 Å². The summed E-state index contributed by atoms with van der Waals surface area (Å²) in [6.45, 7) is 8.37. The molecule has 4 unspecified atom stereocenters. The molecular formula is C13H24O2. The normalized spacial score (nSPS) is 33.7. The lowest BCUT2D eigenvalue weighted by Gasteiger charge is -2.33. The molecule has 0 aromatic carbocycles. The van der Waals surface area contributed by atoms with Gasteiger partial charge in [-0.1, -0.05) is 20.8 Å². The largest absolute Gasteiger partial charge is 0.368 e. The van der Waals surface area contributed by atoms with Crippen LogP contribution in [0.25, 0.3) is 0 Å². The van der Waals surface area contributed by atoms with E-state index >= 15 is 0 Å². The summed E-state index contributed by atoms with van der Waals surface area (Å²) >= 11 is 0. The molecule has 88 valence electrons. The van der Waals surface area contributed by atoms with E-state index < -0.39 is 0 Å². The Morgan fingerprint density at radius 3 is 2.53 bits per heavy atom. The maximum absolute atomic E-state index is 11.4. The molecule has 1 fully saturated rings. The zero-order chi connectivity index (χ0) is 11.4. The van der Waals surface area contributed by atoms with E-state index in [2.05, 4.69) is 13.8 Å². The topological polar surface area (TPSA) is 26.3 Å². The van der Waals surface area contributed by atoms with Crippen LogP contribution in [0.5, 0.6) is 0 Å². The molecule has 0 amide bonds. The van der Waals surface area contributed by atoms with Crippen LogP contribution >= 0.6 is 0 Å². The van der Waals surface area contributed by atoms with E-state index in [0.717, 1.165) is 24.7 Å². The molecule has 0 saturated heterocycles. The third-order valence-corrected chi connectivity index (χ3v) is 3.75. The molecule has 0 aromatic heterocycles. The van der Waals surface area contributed by atoms with Crippen LogP contribution in [0.4, 0.5) is 0 Å². The number of ketones is 1. The van der Waals surface area contributed by atoms with Crippen molar-refractivity contribution in [3.63, 3.8) is 0 Å². The summed E-state index contributed by atoms with van der Waals surface area (Å²) < 4.78 is 5.81. The van der Waals surface area contributed by atoms with Crippen molar-refractivity contribution in [2.24, 2.45) is 11.8 Å². The fourth-order valence-electron chi connectivity index (χ4n) is 2.27. The van der Waals surface area contributed by atoms with Crippen LogP contribution in [0.3, 0.4) is 0 Å². The molecule has 0 radical (unpaired) electrons. The molecule has 0 N–H and O–H groups in total. The molecule has 0 bridgehead atoms. The van der Waals surface area contributed by atoms with E-state index in [4.69, 9.17) is 4.74 Å². The lowest BCUT2D eigenvalue weighted by Crippen LogP contribution is -2.32. The predicted molar refractivity (Wildman–Crippen MR) is 61.8 cm³/mol. The molecule has 2 heteroatoms. The molecule has 0 heterocycles. The Bertz CT molecular complexity index is 213. The van der Waals surface area contributed by atoms with E-state index in [1.807, 2.05) is 13.8 Å². The summed E-state index contributed by atoms with van der Waals surface area (Å²) in [4.78, 5) is 11.4. The predicted octanol–water partition coefficient (Wildman–Crippen LogP) is 3.20. The molecule has 1 saturated carbocycles. The van der Waals surface area contributed by atoms with Gasteiger partial charge in [-0.2, -0.15) is 0 Å². The van der Waals surface area contributed by atoms with E-state index in [0.29, 0.717) is 12.5 Å². The highest BCUT2D eigenvalue weighted by molar-refractivity contribution is 5.82. The van der Waals surface area contributed by atoms with Gasteiger partial charge in [0.15, 0.2) is 5.78 Å². The molecule has 4 atom stereocenters. The van der Waals surface area contributed by atoms with Crippen LogP contribution in [-0.2, 0) is 9.53 Å². The maximum atomic E-state index is 11.4. The van der Waals surface area contributed by atoms with Gasteiger partial charge in [0.25, 0.3) is 0 Å². The Hall–Kier alpha value is -0.370. The van der Waals surface area contributed by atoms with Crippen molar-refractivity contribution >= 4 is 5.78 Å². The van der Waals surface area contributed by atoms with Crippen molar-refractivity contribution in [1.82, 2.24) is 0 Å². The smallest absolute Gasteiger partial charge is 0.161 e. The second-order valence-corrected chi connectivity index (χ2v) is 4.99. The van der Waals surface area contributed by atoms with Gasteiger partial charge in [0.05, 0.1) is 6.10 Å². The van der Waals surface area contributed by atoms with E-state index in [1.54, 1.807) is 0 Å². The number of carbonyl (C=O) groups excluding carboxylic acids is 1. The minimum atomic E-state index is -0.208. The lowest BCUT2D eigenvalue weighted by molar-refractivity contribution is -0.135. The van der Waals surface area contributed by atoms with Gasteiger partial charge in [-0.3, -0.25) is 4.79 Å². The number of hydrogen-bond donors (Lipinski definition) is 0. The van der Waals surface area contributed by atoms with E-state index in [9.17, 15) is 4.79 Å². The quantitative estimate of drug-likeness (QED) is 0.715. The summed E-state index contributed by atoms with van der Waals surface area (Å²) in [6, 6.07) is 0. The second-order valence-electron chi connectivity index (χ2n) is 4.99. The van der Waals surface area contributed by atoms with Gasteiger partial charge in [0.2, 0.25) is 0 Å². The fourth-order valence-corrected chi connectivity index (χ4v) is 2.27. The van der Waals surface area contributed by atoms with E-state index in [1.165, 1.54) is 6.42 Å². The lowest BCUT2D eigenvalue weighted by atomic mass is 9.80. The number of ether oxygens (including phenoxy) is 1. The number of hydrogen-bond acceptors (Lipinski definition) is 2. The van der Waals surface area contributed by atoms with Crippen LogP contribution in [0.1, 0.15) is 53.4 Å². The fraction of sp³-hybridized carbons (Fsp3) is 0.923. The number of carbonyl (C=O) groups is 1. The average Bonchev–Trinajstić information content (AvgIpc) is 2.22. The summed E-state index contributed by atoms with van der Waals surface area (Å²) in [7, 11) is 0. The van der Waals surface area contributed by atoms with Crippen LogP contribution in [0.15, 0.2) is 0 Å². The molecule has 15 heavy (non-hydrogen) atoms. The van der Waals surface area contributed by atoms with Crippen LogP contribution < -0.4 is 0 Å². The standard InChI is InChI=1S/C13H24O2/c1-5-13(14)11(4)15-12-7-6-9(2)10(3)8-12/h9-12H,5-8H2,1-4H3. The first-order chi connectivity index (χ1) is 7.04. The Morgan fingerprint density at radius 1 is 1.33 bits per heavy atom. The first-order valence-corrected chi connectivity index (χ1v) is 6.22. The molecule has 0 aliphatic heterocycles. The van der Waals surface area contributed by atoms with Gasteiger partial charge < -0.3 is 4.74 Å². The minimum Gasteiger partial charge on any atom is -0.368 e. The van der Waals surface area contributed by atoms with Gasteiger partial charge in [0, 0.05) is 6.42 Å². The van der Waals surface area contributed by atoms with Crippen molar-refractivity contribution in [2.75, 3.05) is 0 Å². The highest BCUT2D eigenvalue weighted by Crippen LogP contribution is 2.31. The van der Waals surface area contributed by atoms with Crippen molar-refractivity contribution in [2.45, 2.75) is 65.6 Å². The Labute approximate surface area is 93.4 Å². The third kappa shape index (κ3) is 3.60. The van der Waals surface area contributed by atoms with Crippen LogP contribution in [0.2, 0.25) is 0 Å². The first-order valence-electron chi connectivity index (χ1n) is 6.22. The van der Waals surface area contributed by atoms with E-state index in [-0.39, 0.29) is 11.9 Å². The number of Topliss-reactive ketones (excluding diaryl/α,β-unsaturated/α-hetero) is 1. The zero-order valence-electron chi connectivity index (χ0n) is 10.5. The summed E-state index contributed by atoms with van der Waals surface area (Å²) in [5, 5.41) is 0. The Kier molecular flexibility index (Phi) is 4.78. The van der Waals surface area contributed by atoms with Gasteiger partial charge >= 0.3 is 0 Å². The molecule has 2 nitrogen and oxygen atoms in total. The van der Waals surface area contributed by atoms with Crippen molar-refractivity contribution in [3.05, 3.63) is 0 Å². The SMILES string of the molecule is CCC(=O)C(C)OC1CCC(C)C(C)C1. The highest BCUT2D eigenvalue weighted by atomic mass is 16.5. The molecule has 0 aromatic rings.